The smallest absolute Gasteiger partial charge is 0.327 e. The van der Waals surface area contributed by atoms with Gasteiger partial charge in [-0.1, -0.05) is 38.1 Å². The summed E-state index contributed by atoms with van der Waals surface area (Å²) in [6.07, 6.45) is 2.83. The molecule has 0 atom stereocenters. The fraction of sp³-hybridized carbons (Fsp3) is 0.556. The van der Waals surface area contributed by atoms with Crippen molar-refractivity contribution in [1.82, 2.24) is 14.7 Å². The number of hydrogen-bond donors (Lipinski definition) is 0. The maximum Gasteiger partial charge on any atom is 0.327 e. The molecule has 1 aliphatic carbocycles. The Bertz CT molecular complexity index is 1030. The maximum absolute atomic E-state index is 14.0. The number of fused-ring (bicyclic) bond motifs is 1. The number of benzene rings is 1. The van der Waals surface area contributed by atoms with Gasteiger partial charge in [-0.3, -0.25) is 14.6 Å². The minimum atomic E-state index is -0.725. The predicted molar refractivity (Wildman–Crippen MR) is 128 cm³/mol. The fourth-order valence-corrected chi connectivity index (χ4v) is 5.91. The molecule has 182 valence electrons. The first-order valence-corrected chi connectivity index (χ1v) is 12.4. The summed E-state index contributed by atoms with van der Waals surface area (Å²) >= 11 is 0. The summed E-state index contributed by atoms with van der Waals surface area (Å²) in [6, 6.07) is 12.1. The molecule has 0 unspecified atom stereocenters. The van der Waals surface area contributed by atoms with E-state index in [2.05, 4.69) is 30.9 Å². The molecule has 3 heterocycles. The Morgan fingerprint density at radius 1 is 1.03 bits per heavy atom. The van der Waals surface area contributed by atoms with Crippen molar-refractivity contribution < 1.29 is 18.7 Å². The lowest BCUT2D eigenvalue weighted by Gasteiger charge is -2.42. The molecule has 3 amide bonds. The standard InChI is InChI=1S/C27H35N3O4/c1-19(2)16-29-26(32)30(22-14-20-6-4-5-7-21(20)15-22)25(31)27(29)10-12-28(13-11-27)17-23-8-9-24(34-23)18-33-3/h4-9,19,22H,10-18H2,1-3H3. The number of piperidine rings is 1. The zero-order valence-electron chi connectivity index (χ0n) is 20.5. The summed E-state index contributed by atoms with van der Waals surface area (Å²) in [7, 11) is 1.66. The number of methoxy groups -OCH3 is 1. The Labute approximate surface area is 201 Å². The van der Waals surface area contributed by atoms with Crippen LogP contribution in [0.15, 0.2) is 40.8 Å². The van der Waals surface area contributed by atoms with Gasteiger partial charge in [0.1, 0.15) is 23.7 Å². The van der Waals surface area contributed by atoms with Crippen molar-refractivity contribution >= 4 is 11.9 Å². The number of ether oxygens (including phenoxy) is 1. The van der Waals surface area contributed by atoms with Crippen LogP contribution in [0.25, 0.3) is 0 Å². The van der Waals surface area contributed by atoms with Crippen LogP contribution in [-0.4, -0.2) is 65.0 Å². The van der Waals surface area contributed by atoms with Crippen molar-refractivity contribution in [1.29, 1.82) is 0 Å². The molecule has 1 spiro atoms. The van der Waals surface area contributed by atoms with Gasteiger partial charge in [-0.05, 0) is 54.9 Å². The molecule has 7 nitrogen and oxygen atoms in total. The number of likely N-dealkylation sites (tertiary alicyclic amines) is 1. The Kier molecular flexibility index (Phi) is 6.25. The number of carbonyl (C=O) groups is 2. The van der Waals surface area contributed by atoms with Crippen molar-refractivity contribution in [3.8, 4) is 0 Å². The summed E-state index contributed by atoms with van der Waals surface area (Å²) < 4.78 is 11.0. The molecule has 7 heteroatoms. The third-order valence-corrected chi connectivity index (χ3v) is 7.58. The van der Waals surface area contributed by atoms with Crippen LogP contribution >= 0.6 is 0 Å². The summed E-state index contributed by atoms with van der Waals surface area (Å²) in [6.45, 7) is 7.52. The van der Waals surface area contributed by atoms with Crippen LogP contribution < -0.4 is 0 Å². The van der Waals surface area contributed by atoms with E-state index in [1.807, 2.05) is 29.2 Å². The second-order valence-electron chi connectivity index (χ2n) is 10.4. The van der Waals surface area contributed by atoms with E-state index in [0.29, 0.717) is 38.5 Å². The van der Waals surface area contributed by atoms with Crippen LogP contribution in [0.4, 0.5) is 4.79 Å². The first-order valence-electron chi connectivity index (χ1n) is 12.4. The molecule has 1 aromatic heterocycles. The van der Waals surface area contributed by atoms with Gasteiger partial charge >= 0.3 is 6.03 Å². The van der Waals surface area contributed by atoms with E-state index >= 15 is 0 Å². The quantitative estimate of drug-likeness (QED) is 0.581. The molecule has 34 heavy (non-hydrogen) atoms. The number of furan rings is 1. The van der Waals surface area contributed by atoms with E-state index < -0.39 is 5.54 Å². The zero-order valence-corrected chi connectivity index (χ0v) is 20.5. The molecule has 2 fully saturated rings. The monoisotopic (exact) mass is 465 g/mol. The summed E-state index contributed by atoms with van der Waals surface area (Å²) in [5.41, 5.74) is 1.79. The highest BCUT2D eigenvalue weighted by Crippen LogP contribution is 2.41. The van der Waals surface area contributed by atoms with Gasteiger partial charge in [0.2, 0.25) is 0 Å². The Hall–Kier alpha value is -2.64. The van der Waals surface area contributed by atoms with Gasteiger partial charge < -0.3 is 14.1 Å². The summed E-state index contributed by atoms with van der Waals surface area (Å²) in [5.74, 6) is 2.03. The number of urea groups is 1. The molecular weight excluding hydrogens is 430 g/mol. The Morgan fingerprint density at radius 3 is 2.29 bits per heavy atom. The minimum Gasteiger partial charge on any atom is -0.462 e. The van der Waals surface area contributed by atoms with E-state index in [1.165, 1.54) is 11.1 Å². The molecule has 2 aliphatic heterocycles. The molecule has 0 N–H and O–H groups in total. The SMILES string of the molecule is COCc1ccc(CN2CCC3(CC2)C(=O)N(C2Cc4ccccc4C2)C(=O)N3CC(C)C)o1. The average molecular weight is 466 g/mol. The summed E-state index contributed by atoms with van der Waals surface area (Å²) in [4.78, 5) is 33.5. The van der Waals surface area contributed by atoms with E-state index in [9.17, 15) is 9.59 Å². The lowest BCUT2D eigenvalue weighted by molar-refractivity contribution is -0.137. The first kappa shape index (κ1) is 23.1. The second-order valence-corrected chi connectivity index (χ2v) is 10.4. The van der Waals surface area contributed by atoms with Crippen LogP contribution in [0.2, 0.25) is 0 Å². The van der Waals surface area contributed by atoms with Gasteiger partial charge in [-0.15, -0.1) is 0 Å². The van der Waals surface area contributed by atoms with Crippen molar-refractivity contribution in [3.05, 3.63) is 59.0 Å². The van der Waals surface area contributed by atoms with Crippen molar-refractivity contribution in [3.63, 3.8) is 0 Å². The third-order valence-electron chi connectivity index (χ3n) is 7.58. The van der Waals surface area contributed by atoms with Crippen LogP contribution in [0.3, 0.4) is 0 Å². The number of rotatable bonds is 7. The maximum atomic E-state index is 14.0. The van der Waals surface area contributed by atoms with Gasteiger partial charge in [-0.2, -0.15) is 0 Å². The predicted octanol–water partition coefficient (Wildman–Crippen LogP) is 3.85. The minimum absolute atomic E-state index is 0.0102. The largest absolute Gasteiger partial charge is 0.462 e. The number of hydrogen-bond acceptors (Lipinski definition) is 5. The van der Waals surface area contributed by atoms with E-state index in [1.54, 1.807) is 12.0 Å². The van der Waals surface area contributed by atoms with Crippen LogP contribution in [0.1, 0.15) is 49.3 Å². The van der Waals surface area contributed by atoms with Crippen LogP contribution in [0.5, 0.6) is 0 Å². The van der Waals surface area contributed by atoms with Crippen molar-refractivity contribution in [2.75, 3.05) is 26.7 Å². The second kappa shape index (κ2) is 9.19. The molecule has 5 rings (SSSR count). The fourth-order valence-electron chi connectivity index (χ4n) is 5.91. The topological polar surface area (TPSA) is 66.2 Å². The molecule has 2 aromatic rings. The van der Waals surface area contributed by atoms with Crippen molar-refractivity contribution in [2.24, 2.45) is 5.92 Å². The molecule has 3 aliphatic rings. The molecule has 2 saturated heterocycles. The molecule has 0 saturated carbocycles. The highest BCUT2D eigenvalue weighted by atomic mass is 16.5. The lowest BCUT2D eigenvalue weighted by Crippen LogP contribution is -2.57. The van der Waals surface area contributed by atoms with E-state index in [4.69, 9.17) is 9.15 Å². The molecular formula is C27H35N3O4. The highest BCUT2D eigenvalue weighted by Gasteiger charge is 2.59. The van der Waals surface area contributed by atoms with E-state index in [-0.39, 0.29) is 18.0 Å². The Morgan fingerprint density at radius 2 is 1.68 bits per heavy atom. The lowest BCUT2D eigenvalue weighted by atomic mass is 9.85. The summed E-state index contributed by atoms with van der Waals surface area (Å²) in [5, 5.41) is 0. The molecule has 1 aromatic carbocycles. The third kappa shape index (κ3) is 4.05. The van der Waals surface area contributed by atoms with Crippen molar-refractivity contribution in [2.45, 2.75) is 64.3 Å². The normalized spacial score (nSPS) is 20.8. The molecule has 0 bridgehead atoms. The number of carbonyl (C=O) groups excluding carboxylic acids is 2. The van der Waals surface area contributed by atoms with Gasteiger partial charge in [0.05, 0.1) is 6.54 Å². The van der Waals surface area contributed by atoms with Gasteiger partial charge in [0, 0.05) is 32.8 Å². The van der Waals surface area contributed by atoms with Gasteiger partial charge in [0.15, 0.2) is 0 Å². The van der Waals surface area contributed by atoms with Gasteiger partial charge in [0.25, 0.3) is 5.91 Å². The zero-order chi connectivity index (χ0) is 23.9. The Balaban J connectivity index is 1.32. The van der Waals surface area contributed by atoms with Gasteiger partial charge in [-0.25, -0.2) is 4.79 Å². The number of imide groups is 1. The highest BCUT2D eigenvalue weighted by molar-refractivity contribution is 6.07. The average Bonchev–Trinajstić information content (AvgIpc) is 3.48. The van der Waals surface area contributed by atoms with Crippen LogP contribution in [-0.2, 0) is 35.5 Å². The first-order chi connectivity index (χ1) is 16.4. The van der Waals surface area contributed by atoms with E-state index in [0.717, 1.165) is 37.5 Å². The molecule has 0 radical (unpaired) electrons. The van der Waals surface area contributed by atoms with Crippen LogP contribution in [0, 0.1) is 5.92 Å². The number of nitrogens with zero attached hydrogens (tertiary/aromatic N) is 3. The number of amides is 3.